The van der Waals surface area contributed by atoms with E-state index in [1.807, 2.05) is 31.2 Å². The van der Waals surface area contributed by atoms with E-state index in [1.165, 1.54) is 5.56 Å². The molecule has 3 rings (SSSR count). The molecule has 1 amide bonds. The van der Waals surface area contributed by atoms with E-state index in [-0.39, 0.29) is 11.8 Å². The van der Waals surface area contributed by atoms with Gasteiger partial charge in [0, 0.05) is 11.5 Å². The van der Waals surface area contributed by atoms with Crippen LogP contribution >= 0.6 is 11.8 Å². The van der Waals surface area contributed by atoms with Crippen LogP contribution in [0.15, 0.2) is 29.4 Å². The van der Waals surface area contributed by atoms with Gasteiger partial charge in [-0.1, -0.05) is 17.7 Å². The summed E-state index contributed by atoms with van der Waals surface area (Å²) in [5.74, 6) is 1.95. The van der Waals surface area contributed by atoms with Crippen LogP contribution in [0.2, 0.25) is 0 Å². The Bertz CT molecular complexity index is 466. The van der Waals surface area contributed by atoms with E-state index in [1.54, 1.807) is 16.8 Å². The van der Waals surface area contributed by atoms with Gasteiger partial charge >= 0.3 is 0 Å². The maximum atomic E-state index is 12.1. The third-order valence-electron chi connectivity index (χ3n) is 2.95. The molecule has 0 spiro atoms. The number of benzene rings is 1. The first kappa shape index (κ1) is 9.90. The molecular formula is C12H12N2OS. The third-order valence-corrected chi connectivity index (χ3v) is 4.02. The fourth-order valence-electron chi connectivity index (χ4n) is 1.99. The van der Waals surface area contributed by atoms with Gasteiger partial charge in [0.1, 0.15) is 0 Å². The summed E-state index contributed by atoms with van der Waals surface area (Å²) in [7, 11) is 0. The zero-order valence-corrected chi connectivity index (χ0v) is 9.83. The van der Waals surface area contributed by atoms with Gasteiger partial charge in [0.05, 0.1) is 17.3 Å². The predicted octanol–water partition coefficient (Wildman–Crippen LogP) is 2.06. The van der Waals surface area contributed by atoms with Gasteiger partial charge in [-0.05, 0) is 19.1 Å². The molecule has 1 aromatic rings. The van der Waals surface area contributed by atoms with E-state index in [2.05, 4.69) is 5.10 Å². The fourth-order valence-corrected chi connectivity index (χ4v) is 3.14. The first-order valence-corrected chi connectivity index (χ1v) is 6.47. The van der Waals surface area contributed by atoms with Crippen LogP contribution in [0.4, 0.5) is 5.69 Å². The van der Waals surface area contributed by atoms with Gasteiger partial charge in [-0.25, -0.2) is 5.01 Å². The highest BCUT2D eigenvalue weighted by Crippen LogP contribution is 2.31. The van der Waals surface area contributed by atoms with Crippen molar-refractivity contribution in [2.24, 2.45) is 11.0 Å². The Morgan fingerprint density at radius 3 is 2.81 bits per heavy atom. The van der Waals surface area contributed by atoms with Gasteiger partial charge < -0.3 is 0 Å². The molecule has 1 unspecified atom stereocenters. The standard InChI is InChI=1S/C12H12N2OS/c1-8-2-4-9(5-3-8)14-12(15)10-6-16-7-11(10)13-14/h2-5,10H,6-7H2,1H3. The van der Waals surface area contributed by atoms with Crippen molar-refractivity contribution in [2.75, 3.05) is 16.5 Å². The zero-order valence-electron chi connectivity index (χ0n) is 9.01. The van der Waals surface area contributed by atoms with Crippen molar-refractivity contribution in [2.45, 2.75) is 6.92 Å². The number of anilines is 1. The summed E-state index contributed by atoms with van der Waals surface area (Å²) >= 11 is 1.79. The lowest BCUT2D eigenvalue weighted by Crippen LogP contribution is -2.27. The second-order valence-electron chi connectivity index (χ2n) is 4.14. The summed E-state index contributed by atoms with van der Waals surface area (Å²) < 4.78 is 0. The van der Waals surface area contributed by atoms with Crippen molar-refractivity contribution in [1.82, 2.24) is 0 Å². The molecule has 0 N–H and O–H groups in total. The third kappa shape index (κ3) is 1.45. The number of aryl methyl sites for hydroxylation is 1. The van der Waals surface area contributed by atoms with Crippen molar-refractivity contribution in [3.05, 3.63) is 29.8 Å². The number of hydrazone groups is 1. The van der Waals surface area contributed by atoms with Crippen LogP contribution in [-0.2, 0) is 4.79 Å². The summed E-state index contributed by atoms with van der Waals surface area (Å²) in [6, 6.07) is 7.91. The molecule has 4 heteroatoms. The number of nitrogens with zero attached hydrogens (tertiary/aromatic N) is 2. The molecule has 3 nitrogen and oxygen atoms in total. The maximum absolute atomic E-state index is 12.1. The SMILES string of the molecule is Cc1ccc(N2N=C3CSCC3C2=O)cc1. The Balaban J connectivity index is 1.94. The number of carbonyl (C=O) groups excluding carboxylic acids is 1. The van der Waals surface area contributed by atoms with E-state index in [0.717, 1.165) is 22.9 Å². The summed E-state index contributed by atoms with van der Waals surface area (Å²) in [5.41, 5.74) is 3.11. The molecule has 1 atom stereocenters. The Morgan fingerprint density at radius 2 is 2.12 bits per heavy atom. The molecule has 2 aliphatic heterocycles. The van der Waals surface area contributed by atoms with E-state index < -0.39 is 0 Å². The van der Waals surface area contributed by atoms with Crippen molar-refractivity contribution in [3.63, 3.8) is 0 Å². The van der Waals surface area contributed by atoms with Gasteiger partial charge in [-0.3, -0.25) is 4.79 Å². The van der Waals surface area contributed by atoms with Gasteiger partial charge in [-0.2, -0.15) is 16.9 Å². The summed E-state index contributed by atoms with van der Waals surface area (Å²) in [5, 5.41) is 5.97. The number of carbonyl (C=O) groups is 1. The molecule has 1 fully saturated rings. The predicted molar refractivity (Wildman–Crippen MR) is 66.9 cm³/mol. The molecule has 16 heavy (non-hydrogen) atoms. The number of rotatable bonds is 1. The molecule has 2 heterocycles. The first-order valence-electron chi connectivity index (χ1n) is 5.31. The Labute approximate surface area is 98.5 Å². The first-order chi connectivity index (χ1) is 7.75. The molecule has 0 bridgehead atoms. The van der Waals surface area contributed by atoms with Crippen LogP contribution < -0.4 is 5.01 Å². The van der Waals surface area contributed by atoms with Crippen LogP contribution in [0.3, 0.4) is 0 Å². The maximum Gasteiger partial charge on any atom is 0.257 e. The molecule has 0 radical (unpaired) electrons. The number of hydrogen-bond acceptors (Lipinski definition) is 3. The van der Waals surface area contributed by atoms with E-state index in [4.69, 9.17) is 0 Å². The lowest BCUT2D eigenvalue weighted by atomic mass is 10.1. The second-order valence-corrected chi connectivity index (χ2v) is 5.17. The van der Waals surface area contributed by atoms with Gasteiger partial charge in [0.25, 0.3) is 5.91 Å². The number of fused-ring (bicyclic) bond motifs is 1. The average Bonchev–Trinajstić information content (AvgIpc) is 2.84. The summed E-state index contributed by atoms with van der Waals surface area (Å²) in [6.07, 6.45) is 0. The monoisotopic (exact) mass is 232 g/mol. The largest absolute Gasteiger partial charge is 0.272 e. The van der Waals surface area contributed by atoms with Crippen molar-refractivity contribution >= 4 is 29.1 Å². The zero-order chi connectivity index (χ0) is 11.1. The highest BCUT2D eigenvalue weighted by atomic mass is 32.2. The number of thioether (sulfide) groups is 1. The van der Waals surface area contributed by atoms with Crippen LogP contribution in [0, 0.1) is 12.8 Å². The van der Waals surface area contributed by atoms with E-state index in [0.29, 0.717) is 0 Å². The van der Waals surface area contributed by atoms with Gasteiger partial charge in [0.15, 0.2) is 0 Å². The molecule has 0 saturated carbocycles. The Kier molecular flexibility index (Phi) is 2.24. The minimum Gasteiger partial charge on any atom is -0.272 e. The van der Waals surface area contributed by atoms with Crippen LogP contribution in [-0.4, -0.2) is 23.1 Å². The molecule has 0 aromatic heterocycles. The molecular weight excluding hydrogens is 220 g/mol. The molecule has 0 aliphatic carbocycles. The van der Waals surface area contributed by atoms with Crippen LogP contribution in [0.5, 0.6) is 0 Å². The average molecular weight is 232 g/mol. The van der Waals surface area contributed by atoms with Gasteiger partial charge in [-0.15, -0.1) is 0 Å². The summed E-state index contributed by atoms with van der Waals surface area (Å²) in [4.78, 5) is 12.1. The van der Waals surface area contributed by atoms with E-state index >= 15 is 0 Å². The molecule has 1 aromatic carbocycles. The van der Waals surface area contributed by atoms with Crippen molar-refractivity contribution in [1.29, 1.82) is 0 Å². The van der Waals surface area contributed by atoms with Gasteiger partial charge in [0.2, 0.25) is 0 Å². The topological polar surface area (TPSA) is 32.7 Å². The molecule has 2 aliphatic rings. The highest BCUT2D eigenvalue weighted by molar-refractivity contribution is 8.00. The molecule has 1 saturated heterocycles. The Morgan fingerprint density at radius 1 is 1.38 bits per heavy atom. The number of hydrogen-bond donors (Lipinski definition) is 0. The van der Waals surface area contributed by atoms with Crippen LogP contribution in [0.1, 0.15) is 5.56 Å². The molecule has 82 valence electrons. The van der Waals surface area contributed by atoms with Crippen molar-refractivity contribution < 1.29 is 4.79 Å². The second kappa shape index (κ2) is 3.63. The minimum absolute atomic E-state index is 0.0336. The smallest absolute Gasteiger partial charge is 0.257 e. The lowest BCUT2D eigenvalue weighted by molar-refractivity contribution is -0.119. The lowest BCUT2D eigenvalue weighted by Gasteiger charge is -2.13. The normalized spacial score (nSPS) is 23.6. The Hall–Kier alpha value is -1.29. The quantitative estimate of drug-likeness (QED) is 0.742. The minimum atomic E-state index is 0.0336. The number of amides is 1. The summed E-state index contributed by atoms with van der Waals surface area (Å²) in [6.45, 7) is 2.03. The van der Waals surface area contributed by atoms with Crippen LogP contribution in [0.25, 0.3) is 0 Å². The fraction of sp³-hybridized carbons (Fsp3) is 0.333. The van der Waals surface area contributed by atoms with Crippen molar-refractivity contribution in [3.8, 4) is 0 Å². The van der Waals surface area contributed by atoms with E-state index in [9.17, 15) is 4.79 Å². The highest BCUT2D eigenvalue weighted by Gasteiger charge is 2.39.